The zero-order chi connectivity index (χ0) is 98.0. The Morgan fingerprint density at radius 2 is 0.652 bits per heavy atom. The van der Waals surface area contributed by atoms with Crippen molar-refractivity contribution >= 4 is 59.8 Å². The summed E-state index contributed by atoms with van der Waals surface area (Å²) in [4.78, 5) is 142. The maximum absolute atomic E-state index is 15.2. The van der Waals surface area contributed by atoms with E-state index < -0.39 is 83.9 Å². The molecule has 3 unspecified atom stereocenters. The zero-order valence-electron chi connectivity index (χ0n) is 79.9. The number of fused-ring (bicyclic) bond motifs is 12. The molecule has 16 rings (SSSR count). The molecule has 5 atom stereocenters. The minimum Gasteiger partial charge on any atom is -0.497 e. The first-order chi connectivity index (χ1) is 68.9. The molecule has 738 valence electrons. The fraction of sp³-hybridized carbons (Fsp3) is 0.339. The second-order valence-corrected chi connectivity index (χ2v) is 36.6. The lowest BCUT2D eigenvalue weighted by atomic mass is 9.80. The van der Waals surface area contributed by atoms with Gasteiger partial charge in [-0.2, -0.15) is 0 Å². The fourth-order valence-electron chi connectivity index (χ4n) is 20.4. The number of alkyl carbamates (subject to hydrolysis) is 4. The minimum absolute atomic E-state index is 0. The number of likely N-dealkylation sites (tertiary alicyclic amines) is 1. The lowest BCUT2D eigenvalue weighted by Gasteiger charge is -2.38. The van der Waals surface area contributed by atoms with Gasteiger partial charge >= 0.3 is 30.3 Å². The van der Waals surface area contributed by atoms with Crippen LogP contribution in [0.1, 0.15) is 200 Å². The first-order valence-electron chi connectivity index (χ1n) is 49.1. The fourth-order valence-corrected chi connectivity index (χ4v) is 20.4. The number of unbranched alkanes of at least 4 members (excludes halogenated alkanes) is 5. The highest BCUT2D eigenvalue weighted by atomic mass is 16.6. The zero-order valence-corrected chi connectivity index (χ0v) is 79.9. The van der Waals surface area contributed by atoms with Gasteiger partial charge in [0.25, 0.3) is 0 Å². The molecule has 8 amide bonds. The van der Waals surface area contributed by atoms with E-state index in [1.54, 1.807) is 19.1 Å². The van der Waals surface area contributed by atoms with E-state index in [2.05, 4.69) is 73.6 Å². The van der Waals surface area contributed by atoms with Crippen molar-refractivity contribution in [3.63, 3.8) is 0 Å². The summed E-state index contributed by atoms with van der Waals surface area (Å²) >= 11 is 0. The summed E-state index contributed by atoms with van der Waals surface area (Å²) in [5.74, 6) is -2.18. The van der Waals surface area contributed by atoms with Gasteiger partial charge in [0.05, 0.1) is 39.8 Å². The van der Waals surface area contributed by atoms with Crippen molar-refractivity contribution in [2.24, 2.45) is 0 Å². The molecule has 26 nitrogen and oxygen atoms in total. The summed E-state index contributed by atoms with van der Waals surface area (Å²) in [5, 5.41) is 20.5. The number of methoxy groups -OCH3 is 2. The molecule has 0 bridgehead atoms. The van der Waals surface area contributed by atoms with Crippen LogP contribution in [-0.2, 0) is 62.8 Å². The van der Waals surface area contributed by atoms with Crippen LogP contribution in [-0.4, -0.2) is 175 Å². The molecule has 1 aliphatic heterocycles. The molecule has 4 aliphatic carbocycles. The highest BCUT2D eigenvalue weighted by molar-refractivity contribution is 5.92. The quantitative estimate of drug-likeness (QED) is 0.00806. The van der Waals surface area contributed by atoms with E-state index in [-0.39, 0.29) is 158 Å². The topological polar surface area (TPSA) is 332 Å². The van der Waals surface area contributed by atoms with Gasteiger partial charge in [0.1, 0.15) is 73.5 Å². The van der Waals surface area contributed by atoms with Crippen molar-refractivity contribution in [1.29, 1.82) is 0 Å². The maximum Gasteiger partial charge on any atom is 0.407 e. The third-order valence-electron chi connectivity index (χ3n) is 27.5. The monoisotopic (exact) mass is 1910 g/mol. The number of hydrogen-bond donors (Lipinski definition) is 7. The number of carbonyl (C=O) groups excluding carboxylic acids is 10. The Bertz CT molecular complexity index is 6030. The SMILES string of the molecule is COc1ccc(C(OC[C@@H]2C[C@@H](OC(=O)CCC(C)=O)CN2C(=O)CCCCCNC(=O)C(CCCCNC(=O)C(CCCCNC(=O)OCC2c3ccccc3-c3ccccc32)NC(=O)OCC2c3ccccc3-c3ccccc32)NC(=O)C(CCCCNC(=O)OCC2c3ccccc3-c3ccccc32)NC(=O)OCC2c3ccccc3-c3ccccc32)(c2ccccc2)c2ccc(OC)cc2)cc1.[HH].[HH].[HH].[HH]. The van der Waals surface area contributed by atoms with Crippen LogP contribution in [0.25, 0.3) is 44.5 Å². The van der Waals surface area contributed by atoms with Gasteiger partial charge in [-0.05, 0) is 208 Å². The number of esters is 1. The van der Waals surface area contributed by atoms with E-state index in [1.807, 2.05) is 237 Å². The Balaban J connectivity index is 0.00000468. The smallest absolute Gasteiger partial charge is 0.407 e. The molecule has 1 heterocycles. The van der Waals surface area contributed by atoms with Gasteiger partial charge in [-0.15, -0.1) is 0 Å². The van der Waals surface area contributed by atoms with Crippen LogP contribution in [0.4, 0.5) is 19.2 Å². The minimum atomic E-state index is -1.25. The summed E-state index contributed by atoms with van der Waals surface area (Å²) in [6, 6.07) is 85.1. The van der Waals surface area contributed by atoms with Crippen LogP contribution >= 0.6 is 0 Å². The predicted octanol–water partition coefficient (Wildman–Crippen LogP) is 19.6. The molecule has 0 radical (unpaired) electrons. The highest BCUT2D eigenvalue weighted by Crippen LogP contribution is 2.50. The molecule has 0 saturated carbocycles. The van der Waals surface area contributed by atoms with E-state index in [0.29, 0.717) is 62.9 Å². The number of rotatable bonds is 47. The van der Waals surface area contributed by atoms with Crippen molar-refractivity contribution in [1.82, 2.24) is 42.1 Å². The molecule has 0 spiro atoms. The number of ether oxygens (including phenoxy) is 8. The van der Waals surface area contributed by atoms with Gasteiger partial charge < -0.3 is 84.8 Å². The van der Waals surface area contributed by atoms with Crippen LogP contribution in [0.3, 0.4) is 0 Å². The molecular formula is C115H130N8O18. The second kappa shape index (κ2) is 48.1. The average Bonchev–Trinajstić information content (AvgIpc) is 1.74. The number of carbonyl (C=O) groups is 10. The van der Waals surface area contributed by atoms with Crippen molar-refractivity contribution in [2.75, 3.05) is 80.0 Å². The number of nitrogens with zero attached hydrogens (tertiary/aromatic N) is 1. The van der Waals surface area contributed by atoms with Gasteiger partial charge in [0.15, 0.2) is 0 Å². The van der Waals surface area contributed by atoms with E-state index in [0.717, 1.165) is 106 Å². The molecule has 7 N–H and O–H groups in total. The molecule has 1 saturated heterocycles. The molecule has 11 aromatic carbocycles. The molecule has 5 aliphatic rings. The van der Waals surface area contributed by atoms with Crippen LogP contribution in [0, 0.1) is 0 Å². The van der Waals surface area contributed by atoms with Gasteiger partial charge in [0.2, 0.25) is 23.6 Å². The van der Waals surface area contributed by atoms with E-state index in [4.69, 9.17) is 37.9 Å². The van der Waals surface area contributed by atoms with E-state index in [9.17, 15) is 43.2 Å². The number of hydrogen-bond acceptors (Lipinski definition) is 18. The summed E-state index contributed by atoms with van der Waals surface area (Å²) < 4.78 is 48.2. The van der Waals surface area contributed by atoms with Gasteiger partial charge in [-0.1, -0.05) is 255 Å². The third-order valence-corrected chi connectivity index (χ3v) is 27.5. The number of nitrogens with one attached hydrogen (secondary N) is 7. The second-order valence-electron chi connectivity index (χ2n) is 36.6. The van der Waals surface area contributed by atoms with Crippen molar-refractivity contribution in [2.45, 2.75) is 169 Å². The number of benzene rings is 11. The Labute approximate surface area is 828 Å². The average molecular weight is 1910 g/mol. The summed E-state index contributed by atoms with van der Waals surface area (Å²) in [6.07, 6.45) is 0.325. The largest absolute Gasteiger partial charge is 0.497 e. The van der Waals surface area contributed by atoms with Crippen molar-refractivity contribution < 1.29 is 91.5 Å². The van der Waals surface area contributed by atoms with Crippen molar-refractivity contribution in [3.05, 3.63) is 334 Å². The first-order valence-corrected chi connectivity index (χ1v) is 49.1. The predicted molar refractivity (Wildman–Crippen MR) is 545 cm³/mol. The van der Waals surface area contributed by atoms with Crippen LogP contribution < -0.4 is 46.7 Å². The molecular weight excluding hydrogens is 1780 g/mol. The normalized spacial score (nSPS) is 14.8. The molecule has 0 aromatic heterocycles. The molecule has 26 heteroatoms. The summed E-state index contributed by atoms with van der Waals surface area (Å²) in [7, 11) is 3.20. The summed E-state index contributed by atoms with van der Waals surface area (Å²) in [5.41, 5.74) is 18.0. The summed E-state index contributed by atoms with van der Waals surface area (Å²) in [6.45, 7) is 2.32. The molecule has 1 fully saturated rings. The number of amides is 8. The number of Topliss-reactive ketones (excluding diaryl/α,β-unsaturated/α-hetero) is 1. The van der Waals surface area contributed by atoms with Gasteiger partial charge in [0, 0.05) is 74.8 Å². The van der Waals surface area contributed by atoms with Crippen LogP contribution in [0.15, 0.2) is 273 Å². The van der Waals surface area contributed by atoms with Crippen LogP contribution in [0.5, 0.6) is 11.5 Å². The lowest BCUT2D eigenvalue weighted by Crippen LogP contribution is -2.54. The Morgan fingerprint density at radius 1 is 0.333 bits per heavy atom. The molecule has 141 heavy (non-hydrogen) atoms. The van der Waals surface area contributed by atoms with Gasteiger partial charge in [-0.25, -0.2) is 19.2 Å². The lowest BCUT2D eigenvalue weighted by molar-refractivity contribution is -0.150. The highest BCUT2D eigenvalue weighted by Gasteiger charge is 2.44. The van der Waals surface area contributed by atoms with Gasteiger partial charge in [-0.3, -0.25) is 24.0 Å². The van der Waals surface area contributed by atoms with Crippen molar-refractivity contribution in [3.8, 4) is 56.0 Å². The number of ketones is 1. The maximum atomic E-state index is 15.2. The third kappa shape index (κ3) is 24.3. The Hall–Kier alpha value is -14.9. The van der Waals surface area contributed by atoms with E-state index >= 15 is 4.79 Å². The Kier molecular flexibility index (Phi) is 33.8. The van der Waals surface area contributed by atoms with Crippen LogP contribution in [0.2, 0.25) is 0 Å². The first kappa shape index (κ1) is 99.1. The Morgan fingerprint density at radius 3 is 1.01 bits per heavy atom. The molecule has 11 aromatic rings. The standard InChI is InChI=1S/C115H122N8O18.4H2/c1-75(124)54-63-107(126)141-82-68-79(70-140-115(76-32-6-4-7-33-76,77-55-59-80(134-2)60-56-77)78-57-61-81(135-3)62-58-78)123(69-82)106(125)53-8-5-28-64-116-108(127)103(120-110(129)105(122-114(133)139-74-102-97-48-23-15-40-89(97)90-41-16-24-49-98(90)102)52-27-31-67-119-112(131)137-72-100-93-44-19-11-36-85(93)86-37-12-20-45-94(86)100)50-25-29-65-117-109(128)104(121-113(132)138-73-101-95-46-21-13-38-87(95)88-39-14-22-47-96(88)101)51-26-30-66-118-111(130)136-71-99-91-42-17-9-34-83(91)84-35-10-18-43-92(84)99;;;;/h4,6-7,9-24,32-49,55-62,79,82,99-105H,5,8,25-31,50-54,63-74H2,1-3H3,(H,116,127)(H,117,128)(H,118,130)(H,119,131)(H,120,129)(H,121,132)(H,122,133);4*1H/t79-,82+,103?,104?,105?;;;;/m0..../s1. The van der Waals surface area contributed by atoms with E-state index in [1.165, 1.54) is 6.92 Å².